The summed E-state index contributed by atoms with van der Waals surface area (Å²) in [5.74, 6) is 0.864. The van der Waals surface area contributed by atoms with Crippen LogP contribution >= 0.6 is 15.9 Å². The van der Waals surface area contributed by atoms with E-state index >= 15 is 0 Å². The topological polar surface area (TPSA) is 53.1 Å². The summed E-state index contributed by atoms with van der Waals surface area (Å²) in [6, 6.07) is 3.93. The van der Waals surface area contributed by atoms with Gasteiger partial charge in [-0.15, -0.1) is 0 Å². The zero-order chi connectivity index (χ0) is 14.9. The van der Waals surface area contributed by atoms with Crippen molar-refractivity contribution in [2.75, 3.05) is 5.73 Å². The molecule has 2 N–H and O–H groups in total. The molecular formula is C15H20BrN3O. The molecule has 5 heteroatoms. The predicted molar refractivity (Wildman–Crippen MR) is 84.9 cm³/mol. The molecule has 1 heterocycles. The van der Waals surface area contributed by atoms with Gasteiger partial charge in [0.2, 0.25) is 0 Å². The largest absolute Gasteiger partial charge is 0.487 e. The Bertz CT molecular complexity index is 635. The van der Waals surface area contributed by atoms with Gasteiger partial charge in [-0.05, 0) is 59.5 Å². The van der Waals surface area contributed by atoms with E-state index in [-0.39, 0.29) is 0 Å². The van der Waals surface area contributed by atoms with Crippen molar-refractivity contribution in [2.24, 2.45) is 7.05 Å². The zero-order valence-corrected chi connectivity index (χ0v) is 13.9. The van der Waals surface area contributed by atoms with E-state index in [1.54, 1.807) is 0 Å². The number of ether oxygens (including phenoxy) is 1. The third-order valence-corrected chi connectivity index (χ3v) is 4.35. The number of nitrogens with zero attached hydrogens (tertiary/aromatic N) is 2. The number of nitrogens with two attached hydrogens (primary N) is 1. The Balaban J connectivity index is 2.21. The van der Waals surface area contributed by atoms with Crippen molar-refractivity contribution in [3.05, 3.63) is 39.1 Å². The number of halogens is 1. The van der Waals surface area contributed by atoms with Crippen LogP contribution in [0.25, 0.3) is 0 Å². The number of hydrogen-bond acceptors (Lipinski definition) is 3. The van der Waals surface area contributed by atoms with E-state index in [0.29, 0.717) is 6.61 Å². The van der Waals surface area contributed by atoms with E-state index < -0.39 is 0 Å². The van der Waals surface area contributed by atoms with E-state index in [4.69, 9.17) is 10.5 Å². The molecule has 0 atom stereocenters. The molecule has 1 aromatic carbocycles. The lowest BCUT2D eigenvalue weighted by molar-refractivity contribution is 0.292. The zero-order valence-electron chi connectivity index (χ0n) is 12.3. The molecule has 1 aromatic heterocycles. The number of anilines is 1. The smallest absolute Gasteiger partial charge is 0.131 e. The molecule has 0 aliphatic heterocycles. The Hall–Kier alpha value is -1.49. The normalized spacial score (nSPS) is 10.8. The van der Waals surface area contributed by atoms with Gasteiger partial charge in [-0.2, -0.15) is 5.10 Å². The summed E-state index contributed by atoms with van der Waals surface area (Å²) in [4.78, 5) is 0. The molecule has 0 saturated heterocycles. The second-order valence-corrected chi connectivity index (χ2v) is 5.74. The standard InChI is InChI=1S/C15H20BrN3O/c1-5-12-15(16)13(19(4)18-12)8-20-14-7-9(2)11(17)6-10(14)3/h6-7H,5,8,17H2,1-4H3. The van der Waals surface area contributed by atoms with E-state index in [9.17, 15) is 0 Å². The van der Waals surface area contributed by atoms with Gasteiger partial charge in [-0.3, -0.25) is 4.68 Å². The van der Waals surface area contributed by atoms with Gasteiger partial charge in [0.25, 0.3) is 0 Å². The van der Waals surface area contributed by atoms with Gasteiger partial charge in [-0.25, -0.2) is 0 Å². The highest BCUT2D eigenvalue weighted by Crippen LogP contribution is 2.27. The number of aromatic nitrogens is 2. The molecule has 0 spiro atoms. The fraction of sp³-hybridized carbons (Fsp3) is 0.400. The van der Waals surface area contributed by atoms with Crippen molar-refractivity contribution in [2.45, 2.75) is 33.8 Å². The van der Waals surface area contributed by atoms with Gasteiger partial charge in [-0.1, -0.05) is 6.92 Å². The minimum Gasteiger partial charge on any atom is -0.487 e. The second kappa shape index (κ2) is 5.87. The van der Waals surface area contributed by atoms with Gasteiger partial charge in [0.05, 0.1) is 15.9 Å². The molecular weight excluding hydrogens is 318 g/mol. The maximum absolute atomic E-state index is 5.93. The van der Waals surface area contributed by atoms with Crippen LogP contribution in [0.15, 0.2) is 16.6 Å². The van der Waals surface area contributed by atoms with E-state index in [0.717, 1.165) is 44.8 Å². The van der Waals surface area contributed by atoms with Crippen LogP contribution in [0.3, 0.4) is 0 Å². The molecule has 0 fully saturated rings. The van der Waals surface area contributed by atoms with E-state index in [2.05, 4.69) is 28.0 Å². The first-order valence-corrected chi connectivity index (χ1v) is 7.43. The summed E-state index contributed by atoms with van der Waals surface area (Å²) < 4.78 is 8.83. The van der Waals surface area contributed by atoms with Crippen LogP contribution in [0.4, 0.5) is 5.69 Å². The summed E-state index contributed by atoms with van der Waals surface area (Å²) >= 11 is 3.60. The monoisotopic (exact) mass is 337 g/mol. The van der Waals surface area contributed by atoms with Crippen LogP contribution in [0.2, 0.25) is 0 Å². The number of aryl methyl sites for hydroxylation is 4. The summed E-state index contributed by atoms with van der Waals surface area (Å²) in [6.07, 6.45) is 0.897. The first-order chi connectivity index (χ1) is 9.43. The third kappa shape index (κ3) is 2.82. The van der Waals surface area contributed by atoms with E-state index in [1.165, 1.54) is 0 Å². The summed E-state index contributed by atoms with van der Waals surface area (Å²) in [5.41, 5.74) is 10.9. The van der Waals surface area contributed by atoms with Crippen LogP contribution in [-0.4, -0.2) is 9.78 Å². The lowest BCUT2D eigenvalue weighted by atomic mass is 10.1. The van der Waals surface area contributed by atoms with Gasteiger partial charge in [0.15, 0.2) is 0 Å². The average molecular weight is 338 g/mol. The van der Waals surface area contributed by atoms with Crippen molar-refractivity contribution < 1.29 is 4.74 Å². The lowest BCUT2D eigenvalue weighted by Gasteiger charge is -2.12. The molecule has 0 saturated carbocycles. The second-order valence-electron chi connectivity index (χ2n) is 4.95. The van der Waals surface area contributed by atoms with Gasteiger partial charge in [0.1, 0.15) is 12.4 Å². The van der Waals surface area contributed by atoms with Crippen LogP contribution in [0.1, 0.15) is 29.4 Å². The Labute approximate surface area is 128 Å². The molecule has 0 unspecified atom stereocenters. The Morgan fingerprint density at radius 1 is 1.30 bits per heavy atom. The molecule has 2 rings (SSSR count). The maximum Gasteiger partial charge on any atom is 0.131 e. The maximum atomic E-state index is 5.93. The SMILES string of the molecule is CCc1nn(C)c(COc2cc(C)c(N)cc2C)c1Br. The molecule has 0 aliphatic carbocycles. The molecule has 0 radical (unpaired) electrons. The van der Waals surface area contributed by atoms with Crippen molar-refractivity contribution in [3.63, 3.8) is 0 Å². The predicted octanol–water partition coefficient (Wildman–Crippen LogP) is 3.52. The quantitative estimate of drug-likeness (QED) is 0.868. The molecule has 2 aromatic rings. The first kappa shape index (κ1) is 14.9. The molecule has 20 heavy (non-hydrogen) atoms. The summed E-state index contributed by atoms with van der Waals surface area (Å²) in [7, 11) is 1.93. The van der Waals surface area contributed by atoms with Gasteiger partial charge < -0.3 is 10.5 Å². The fourth-order valence-corrected chi connectivity index (χ4v) is 2.82. The number of rotatable bonds is 4. The number of nitrogen functional groups attached to an aromatic ring is 1. The minimum absolute atomic E-state index is 0.480. The van der Waals surface area contributed by atoms with Crippen molar-refractivity contribution >= 4 is 21.6 Å². The van der Waals surface area contributed by atoms with Gasteiger partial charge in [0, 0.05) is 12.7 Å². The van der Waals surface area contributed by atoms with Crippen molar-refractivity contribution in [1.82, 2.24) is 9.78 Å². The fourth-order valence-electron chi connectivity index (χ4n) is 2.09. The Morgan fingerprint density at radius 3 is 2.60 bits per heavy atom. The molecule has 0 bridgehead atoms. The average Bonchev–Trinajstić information content (AvgIpc) is 2.67. The highest BCUT2D eigenvalue weighted by atomic mass is 79.9. The van der Waals surface area contributed by atoms with Gasteiger partial charge >= 0.3 is 0 Å². The minimum atomic E-state index is 0.480. The molecule has 108 valence electrons. The highest BCUT2D eigenvalue weighted by molar-refractivity contribution is 9.10. The van der Waals surface area contributed by atoms with Crippen LogP contribution in [-0.2, 0) is 20.1 Å². The van der Waals surface area contributed by atoms with Crippen LogP contribution in [0.5, 0.6) is 5.75 Å². The van der Waals surface area contributed by atoms with Crippen LogP contribution < -0.4 is 10.5 Å². The van der Waals surface area contributed by atoms with Crippen LogP contribution in [0, 0.1) is 13.8 Å². The Kier molecular flexibility index (Phi) is 4.38. The number of hydrogen-bond donors (Lipinski definition) is 1. The number of benzene rings is 1. The van der Waals surface area contributed by atoms with Crippen molar-refractivity contribution in [1.29, 1.82) is 0 Å². The highest BCUT2D eigenvalue weighted by Gasteiger charge is 2.13. The molecule has 0 aliphatic rings. The summed E-state index contributed by atoms with van der Waals surface area (Å²) in [5, 5.41) is 4.46. The third-order valence-electron chi connectivity index (χ3n) is 3.43. The molecule has 4 nitrogen and oxygen atoms in total. The van der Waals surface area contributed by atoms with E-state index in [1.807, 2.05) is 37.7 Å². The Morgan fingerprint density at radius 2 is 2.00 bits per heavy atom. The molecule has 0 amide bonds. The van der Waals surface area contributed by atoms with Crippen molar-refractivity contribution in [3.8, 4) is 5.75 Å². The summed E-state index contributed by atoms with van der Waals surface area (Å²) in [6.45, 7) is 6.55. The first-order valence-electron chi connectivity index (χ1n) is 6.63. The lowest BCUT2D eigenvalue weighted by Crippen LogP contribution is -2.05.